The van der Waals surface area contributed by atoms with Gasteiger partial charge in [-0.2, -0.15) is 0 Å². The van der Waals surface area contributed by atoms with Gasteiger partial charge in [-0.3, -0.25) is 4.79 Å². The predicted octanol–water partition coefficient (Wildman–Crippen LogP) is 4.90. The molecule has 1 amide bonds. The molecule has 0 fully saturated rings. The maximum atomic E-state index is 12.5. The highest BCUT2D eigenvalue weighted by Gasteiger charge is 2.30. The molecule has 0 aliphatic heterocycles. The predicted molar refractivity (Wildman–Crippen MR) is 120 cm³/mol. The number of carbonyl (C=O) groups is 3. The van der Waals surface area contributed by atoms with E-state index in [9.17, 15) is 19.5 Å². The number of carboxylic acids is 1. The van der Waals surface area contributed by atoms with Crippen molar-refractivity contribution >= 4 is 29.4 Å². The Kier molecular flexibility index (Phi) is 6.23. The fourth-order valence-electron chi connectivity index (χ4n) is 3.97. The number of hydrogen-bond acceptors (Lipinski definition) is 4. The molecule has 1 atom stereocenters. The summed E-state index contributed by atoms with van der Waals surface area (Å²) < 4.78 is 5.38. The highest BCUT2D eigenvalue weighted by Crippen LogP contribution is 2.44. The van der Waals surface area contributed by atoms with Crippen LogP contribution >= 0.6 is 11.6 Å². The number of halogens is 1. The van der Waals surface area contributed by atoms with Crippen molar-refractivity contribution < 1.29 is 24.2 Å². The summed E-state index contributed by atoms with van der Waals surface area (Å²) in [5.41, 5.74) is 4.47. The van der Waals surface area contributed by atoms with Gasteiger partial charge < -0.3 is 15.2 Å². The van der Waals surface area contributed by atoms with Crippen LogP contribution in [-0.4, -0.2) is 35.6 Å². The first-order valence-corrected chi connectivity index (χ1v) is 10.5. The minimum absolute atomic E-state index is 0.0463. The van der Waals surface area contributed by atoms with E-state index in [1.807, 2.05) is 48.5 Å². The Bertz CT molecular complexity index is 1150. The Balaban J connectivity index is 1.42. The first kappa shape index (κ1) is 21.6. The van der Waals surface area contributed by atoms with E-state index in [1.54, 1.807) is 18.2 Å². The quantitative estimate of drug-likeness (QED) is 0.500. The van der Waals surface area contributed by atoms with E-state index in [4.69, 9.17) is 16.3 Å². The van der Waals surface area contributed by atoms with Gasteiger partial charge in [-0.1, -0.05) is 72.3 Å². The van der Waals surface area contributed by atoms with E-state index in [0.29, 0.717) is 0 Å². The van der Waals surface area contributed by atoms with E-state index >= 15 is 0 Å². The standard InChI is InChI=1S/C25H20ClNO5/c26-21-12-6-5-11-19(21)23(28)13-22(24(29)30)27-25(31)32-14-20-17-9-3-1-7-15(17)16-8-2-4-10-18(16)20/h1-12,20,22H,13-14H2,(H,27,31)(H,29,30). The number of amides is 1. The van der Waals surface area contributed by atoms with Crippen molar-refractivity contribution in [2.24, 2.45) is 0 Å². The average molecular weight is 450 g/mol. The molecular formula is C25H20ClNO5. The Morgan fingerprint density at radius 2 is 1.47 bits per heavy atom. The number of hydrogen-bond donors (Lipinski definition) is 2. The number of alkyl carbamates (subject to hydrolysis) is 1. The third-order valence-electron chi connectivity index (χ3n) is 5.50. The first-order chi connectivity index (χ1) is 15.5. The van der Waals surface area contributed by atoms with Crippen LogP contribution in [0.4, 0.5) is 4.79 Å². The number of rotatable bonds is 7. The maximum absolute atomic E-state index is 12.5. The summed E-state index contributed by atoms with van der Waals surface area (Å²) in [5, 5.41) is 12.0. The Morgan fingerprint density at radius 3 is 2.06 bits per heavy atom. The van der Waals surface area contributed by atoms with Crippen LogP contribution in [0.15, 0.2) is 72.8 Å². The van der Waals surface area contributed by atoms with Crippen molar-refractivity contribution in [3.63, 3.8) is 0 Å². The number of Topliss-reactive ketones (excluding diaryl/α,β-unsaturated/α-hetero) is 1. The second kappa shape index (κ2) is 9.24. The van der Waals surface area contributed by atoms with E-state index in [1.165, 1.54) is 6.07 Å². The van der Waals surface area contributed by atoms with E-state index in [0.717, 1.165) is 22.3 Å². The summed E-state index contributed by atoms with van der Waals surface area (Å²) in [6, 6.07) is 20.7. The van der Waals surface area contributed by atoms with Crippen LogP contribution in [0.1, 0.15) is 33.8 Å². The second-order valence-corrected chi connectivity index (χ2v) is 7.88. The molecule has 1 aliphatic rings. The first-order valence-electron chi connectivity index (χ1n) is 10.1. The summed E-state index contributed by atoms with van der Waals surface area (Å²) in [6.07, 6.45) is -1.34. The summed E-state index contributed by atoms with van der Waals surface area (Å²) in [6.45, 7) is 0.0463. The molecule has 0 heterocycles. The molecule has 32 heavy (non-hydrogen) atoms. The lowest BCUT2D eigenvalue weighted by atomic mass is 9.98. The molecule has 6 nitrogen and oxygen atoms in total. The van der Waals surface area contributed by atoms with Crippen LogP contribution in [0.5, 0.6) is 0 Å². The summed E-state index contributed by atoms with van der Waals surface area (Å²) in [7, 11) is 0. The zero-order valence-electron chi connectivity index (χ0n) is 17.0. The molecule has 0 saturated heterocycles. The molecule has 0 bridgehead atoms. The van der Waals surface area contributed by atoms with Gasteiger partial charge in [-0.05, 0) is 34.4 Å². The van der Waals surface area contributed by atoms with Gasteiger partial charge in [0.05, 0.1) is 5.02 Å². The molecule has 0 saturated carbocycles. The number of fused-ring (bicyclic) bond motifs is 3. The van der Waals surface area contributed by atoms with Gasteiger partial charge in [0.25, 0.3) is 0 Å². The van der Waals surface area contributed by atoms with Crippen molar-refractivity contribution in [3.8, 4) is 11.1 Å². The minimum atomic E-state index is -1.44. The highest BCUT2D eigenvalue weighted by molar-refractivity contribution is 6.34. The monoisotopic (exact) mass is 449 g/mol. The molecule has 1 unspecified atom stereocenters. The Hall–Kier alpha value is -3.64. The number of ether oxygens (including phenoxy) is 1. The van der Waals surface area contributed by atoms with Crippen molar-refractivity contribution in [1.29, 1.82) is 0 Å². The normalized spacial score (nSPS) is 13.0. The van der Waals surface area contributed by atoms with E-state index in [2.05, 4.69) is 5.32 Å². The SMILES string of the molecule is O=C(NC(CC(=O)c1ccccc1Cl)C(=O)O)OCC1c2ccccc2-c2ccccc21. The van der Waals surface area contributed by atoms with Gasteiger partial charge in [0.2, 0.25) is 0 Å². The largest absolute Gasteiger partial charge is 0.480 e. The number of benzene rings is 3. The molecule has 7 heteroatoms. The van der Waals surface area contributed by atoms with Gasteiger partial charge in [0, 0.05) is 17.9 Å². The van der Waals surface area contributed by atoms with Crippen molar-refractivity contribution in [1.82, 2.24) is 5.32 Å². The lowest BCUT2D eigenvalue weighted by Crippen LogP contribution is -2.42. The fraction of sp³-hybridized carbons (Fsp3) is 0.160. The van der Waals surface area contributed by atoms with Gasteiger partial charge in [0.15, 0.2) is 5.78 Å². The molecular weight excluding hydrogens is 430 g/mol. The summed E-state index contributed by atoms with van der Waals surface area (Å²) in [4.78, 5) is 36.5. The van der Waals surface area contributed by atoms with Crippen LogP contribution in [0, 0.1) is 0 Å². The molecule has 0 radical (unpaired) electrons. The fourth-order valence-corrected chi connectivity index (χ4v) is 4.21. The minimum Gasteiger partial charge on any atom is -0.480 e. The van der Waals surface area contributed by atoms with Crippen LogP contribution in [0.3, 0.4) is 0 Å². The zero-order chi connectivity index (χ0) is 22.7. The van der Waals surface area contributed by atoms with Gasteiger partial charge in [0.1, 0.15) is 12.6 Å². The van der Waals surface area contributed by atoms with Crippen molar-refractivity contribution in [2.45, 2.75) is 18.4 Å². The van der Waals surface area contributed by atoms with Crippen LogP contribution in [-0.2, 0) is 9.53 Å². The van der Waals surface area contributed by atoms with Crippen molar-refractivity contribution in [2.75, 3.05) is 6.61 Å². The van der Waals surface area contributed by atoms with Crippen molar-refractivity contribution in [3.05, 3.63) is 94.5 Å². The maximum Gasteiger partial charge on any atom is 0.407 e. The van der Waals surface area contributed by atoms with Crippen LogP contribution in [0.25, 0.3) is 11.1 Å². The molecule has 1 aliphatic carbocycles. The molecule has 0 aromatic heterocycles. The van der Waals surface area contributed by atoms with Gasteiger partial charge in [-0.25, -0.2) is 9.59 Å². The molecule has 162 valence electrons. The van der Waals surface area contributed by atoms with Gasteiger partial charge in [-0.15, -0.1) is 0 Å². The number of nitrogens with one attached hydrogen (secondary N) is 1. The lowest BCUT2D eigenvalue weighted by Gasteiger charge is -2.17. The second-order valence-electron chi connectivity index (χ2n) is 7.47. The van der Waals surface area contributed by atoms with E-state index < -0.39 is 30.3 Å². The summed E-state index contributed by atoms with van der Waals surface area (Å²) in [5.74, 6) is -1.97. The topological polar surface area (TPSA) is 92.7 Å². The smallest absolute Gasteiger partial charge is 0.407 e. The van der Waals surface area contributed by atoms with Crippen LogP contribution < -0.4 is 5.32 Å². The molecule has 3 aromatic carbocycles. The summed E-state index contributed by atoms with van der Waals surface area (Å²) >= 11 is 6.01. The molecule has 0 spiro atoms. The third-order valence-corrected chi connectivity index (χ3v) is 5.83. The van der Waals surface area contributed by atoms with Crippen LogP contribution in [0.2, 0.25) is 5.02 Å². The van der Waals surface area contributed by atoms with Gasteiger partial charge >= 0.3 is 12.1 Å². The number of aliphatic carboxylic acids is 1. The highest BCUT2D eigenvalue weighted by atomic mass is 35.5. The Morgan fingerprint density at radius 1 is 0.906 bits per heavy atom. The zero-order valence-corrected chi connectivity index (χ0v) is 17.7. The number of carbonyl (C=O) groups excluding carboxylic acids is 2. The van der Waals surface area contributed by atoms with E-state index in [-0.39, 0.29) is 23.1 Å². The number of ketones is 1. The molecule has 4 rings (SSSR count). The molecule has 2 N–H and O–H groups in total. The lowest BCUT2D eigenvalue weighted by molar-refractivity contribution is -0.139. The number of carboxylic acid groups (broad SMARTS) is 1. The average Bonchev–Trinajstić information content (AvgIpc) is 3.11. The Labute approximate surface area is 189 Å². The third kappa shape index (κ3) is 4.36. The molecule has 3 aromatic rings.